The maximum Gasteiger partial charge on any atom is 0.302 e. The van der Waals surface area contributed by atoms with E-state index in [-0.39, 0.29) is 29.9 Å². The van der Waals surface area contributed by atoms with Crippen LogP contribution in [0.1, 0.15) is 42.4 Å². The lowest BCUT2D eigenvalue weighted by atomic mass is 10.0. The molecule has 0 unspecified atom stereocenters. The Labute approximate surface area is 176 Å². The van der Waals surface area contributed by atoms with Gasteiger partial charge in [0.1, 0.15) is 23.3 Å². The Morgan fingerprint density at radius 1 is 1.29 bits per heavy atom. The largest absolute Gasteiger partial charge is 0.461 e. The van der Waals surface area contributed by atoms with Gasteiger partial charge in [-0.25, -0.2) is 4.39 Å². The van der Waals surface area contributed by atoms with Gasteiger partial charge in [-0.15, -0.1) is 0 Å². The molecule has 0 saturated carbocycles. The number of esters is 1. The van der Waals surface area contributed by atoms with Crippen molar-refractivity contribution >= 4 is 29.2 Å². The zero-order chi connectivity index (χ0) is 22.7. The molecule has 2 heterocycles. The second-order valence-electron chi connectivity index (χ2n) is 6.97. The first-order chi connectivity index (χ1) is 14.7. The Bertz CT molecular complexity index is 1050. The summed E-state index contributed by atoms with van der Waals surface area (Å²) < 4.78 is 20.1. The Morgan fingerprint density at radius 3 is 2.61 bits per heavy atom. The fourth-order valence-electron chi connectivity index (χ4n) is 3.53. The SMILES string of the molecule is CC(=O)O[C@H]1C[C@@H](c2cc([N+](=O)[O-])c(NC(=O)c3ccccn3)cc2F)N(C(C)=O)C1. The molecule has 1 aliphatic rings. The monoisotopic (exact) mass is 430 g/mol. The number of likely N-dealkylation sites (tertiary alicyclic amines) is 1. The Morgan fingerprint density at radius 2 is 2.03 bits per heavy atom. The number of nitro groups is 1. The summed E-state index contributed by atoms with van der Waals surface area (Å²) in [5, 5.41) is 13.9. The number of pyridine rings is 1. The van der Waals surface area contributed by atoms with Crippen LogP contribution < -0.4 is 5.32 Å². The summed E-state index contributed by atoms with van der Waals surface area (Å²) in [4.78, 5) is 51.6. The maximum atomic E-state index is 15.0. The van der Waals surface area contributed by atoms with E-state index in [1.165, 1.54) is 31.0 Å². The first-order valence-corrected chi connectivity index (χ1v) is 9.32. The van der Waals surface area contributed by atoms with Crippen molar-refractivity contribution in [1.82, 2.24) is 9.88 Å². The van der Waals surface area contributed by atoms with Crippen LogP contribution in [0.5, 0.6) is 0 Å². The van der Waals surface area contributed by atoms with Crippen molar-refractivity contribution in [2.45, 2.75) is 32.4 Å². The normalized spacial score (nSPS) is 17.8. The molecule has 2 aromatic rings. The van der Waals surface area contributed by atoms with Gasteiger partial charge < -0.3 is 15.0 Å². The third-order valence-electron chi connectivity index (χ3n) is 4.82. The van der Waals surface area contributed by atoms with Crippen molar-refractivity contribution in [3.8, 4) is 0 Å². The average Bonchev–Trinajstić information content (AvgIpc) is 3.11. The number of halogens is 1. The van der Waals surface area contributed by atoms with E-state index < -0.39 is 46.4 Å². The fraction of sp³-hybridized carbons (Fsp3) is 0.300. The van der Waals surface area contributed by atoms with E-state index in [1.807, 2.05) is 0 Å². The number of ether oxygens (including phenoxy) is 1. The first kappa shape index (κ1) is 21.8. The fourth-order valence-corrected chi connectivity index (χ4v) is 3.53. The van der Waals surface area contributed by atoms with E-state index in [2.05, 4.69) is 10.3 Å². The molecular formula is C20H19FN4O6. The molecule has 0 bridgehead atoms. The molecule has 0 aliphatic carbocycles. The summed E-state index contributed by atoms with van der Waals surface area (Å²) >= 11 is 0. The number of nitrogens with zero attached hydrogens (tertiary/aromatic N) is 3. The Balaban J connectivity index is 1.96. The number of nitrogens with one attached hydrogen (secondary N) is 1. The predicted molar refractivity (Wildman–Crippen MR) is 106 cm³/mol. The van der Waals surface area contributed by atoms with Crippen LogP contribution >= 0.6 is 0 Å². The molecule has 11 heteroatoms. The quantitative estimate of drug-likeness (QED) is 0.438. The van der Waals surface area contributed by atoms with Crippen LogP contribution in [-0.4, -0.2) is 45.2 Å². The Hall–Kier alpha value is -3.89. The highest BCUT2D eigenvalue weighted by molar-refractivity contribution is 6.04. The summed E-state index contributed by atoms with van der Waals surface area (Å²) in [6.07, 6.45) is 0.809. The summed E-state index contributed by atoms with van der Waals surface area (Å²) in [6, 6.07) is 5.53. The number of anilines is 1. The maximum absolute atomic E-state index is 15.0. The molecule has 2 amide bonds. The number of nitro benzene ring substituents is 1. The van der Waals surface area contributed by atoms with Crippen LogP contribution in [0.3, 0.4) is 0 Å². The second-order valence-corrected chi connectivity index (χ2v) is 6.97. The molecule has 31 heavy (non-hydrogen) atoms. The number of carbonyl (C=O) groups excluding carboxylic acids is 3. The number of amides is 2. The zero-order valence-electron chi connectivity index (χ0n) is 16.7. The number of benzene rings is 1. The van der Waals surface area contributed by atoms with Gasteiger partial charge in [-0.2, -0.15) is 0 Å². The molecule has 10 nitrogen and oxygen atoms in total. The van der Waals surface area contributed by atoms with Crippen molar-refractivity contribution in [2.24, 2.45) is 0 Å². The van der Waals surface area contributed by atoms with E-state index in [4.69, 9.17) is 4.74 Å². The lowest BCUT2D eigenvalue weighted by Gasteiger charge is -2.23. The predicted octanol–water partition coefficient (Wildman–Crippen LogP) is 2.61. The van der Waals surface area contributed by atoms with Gasteiger partial charge in [-0.1, -0.05) is 6.07 Å². The lowest BCUT2D eigenvalue weighted by molar-refractivity contribution is -0.384. The van der Waals surface area contributed by atoms with Crippen LogP contribution in [0.25, 0.3) is 0 Å². The number of carbonyl (C=O) groups is 3. The van der Waals surface area contributed by atoms with E-state index >= 15 is 0 Å². The van der Waals surface area contributed by atoms with Crippen molar-refractivity contribution in [1.29, 1.82) is 0 Å². The third-order valence-corrected chi connectivity index (χ3v) is 4.82. The van der Waals surface area contributed by atoms with Gasteiger partial charge in [-0.3, -0.25) is 29.5 Å². The van der Waals surface area contributed by atoms with Crippen molar-refractivity contribution in [3.05, 3.63) is 63.7 Å². The molecule has 0 spiro atoms. The van der Waals surface area contributed by atoms with E-state index in [0.29, 0.717) is 0 Å². The van der Waals surface area contributed by atoms with Crippen LogP contribution in [0.2, 0.25) is 0 Å². The minimum absolute atomic E-state index is 0.00375. The number of hydrogen-bond donors (Lipinski definition) is 1. The van der Waals surface area contributed by atoms with Gasteiger partial charge in [-0.05, 0) is 12.1 Å². The Kier molecular flexibility index (Phi) is 6.23. The molecule has 1 aliphatic heterocycles. The summed E-state index contributed by atoms with van der Waals surface area (Å²) in [5.74, 6) is -2.53. The summed E-state index contributed by atoms with van der Waals surface area (Å²) in [6.45, 7) is 2.54. The first-order valence-electron chi connectivity index (χ1n) is 9.32. The third kappa shape index (κ3) is 4.82. The molecule has 1 aromatic carbocycles. The van der Waals surface area contributed by atoms with E-state index in [9.17, 15) is 28.9 Å². The number of rotatable bonds is 5. The van der Waals surface area contributed by atoms with Gasteiger partial charge in [0.2, 0.25) is 5.91 Å². The minimum atomic E-state index is -0.860. The van der Waals surface area contributed by atoms with Crippen LogP contribution in [0, 0.1) is 15.9 Å². The topological polar surface area (TPSA) is 132 Å². The average molecular weight is 430 g/mol. The van der Waals surface area contributed by atoms with Gasteiger partial charge in [0.15, 0.2) is 0 Å². The number of hydrogen-bond acceptors (Lipinski definition) is 7. The van der Waals surface area contributed by atoms with Gasteiger partial charge in [0.05, 0.1) is 17.5 Å². The molecule has 1 aromatic heterocycles. The second kappa shape index (κ2) is 8.86. The van der Waals surface area contributed by atoms with Gasteiger partial charge in [0.25, 0.3) is 11.6 Å². The molecule has 162 valence electrons. The molecule has 3 rings (SSSR count). The molecule has 1 fully saturated rings. The van der Waals surface area contributed by atoms with Gasteiger partial charge in [0, 0.05) is 44.2 Å². The standard InChI is InChI=1S/C20H19FN4O6/c1-11(26)24-10-13(31-12(2)27)7-18(24)14-8-19(25(29)30)17(9-15(14)21)23-20(28)16-5-3-4-6-22-16/h3-6,8-9,13,18H,7,10H2,1-2H3,(H,23,28)/t13-,18-/m0/s1. The van der Waals surface area contributed by atoms with E-state index in [1.54, 1.807) is 12.1 Å². The minimum Gasteiger partial charge on any atom is -0.461 e. The molecule has 0 radical (unpaired) electrons. The molecule has 2 atom stereocenters. The van der Waals surface area contributed by atoms with Crippen LogP contribution in [0.4, 0.5) is 15.8 Å². The molecular weight excluding hydrogens is 411 g/mol. The van der Waals surface area contributed by atoms with Crippen LogP contribution in [-0.2, 0) is 14.3 Å². The molecule has 1 saturated heterocycles. The number of aromatic nitrogens is 1. The van der Waals surface area contributed by atoms with Crippen LogP contribution in [0.15, 0.2) is 36.5 Å². The smallest absolute Gasteiger partial charge is 0.302 e. The van der Waals surface area contributed by atoms with Gasteiger partial charge >= 0.3 is 5.97 Å². The molecule has 1 N–H and O–H groups in total. The van der Waals surface area contributed by atoms with Crippen molar-refractivity contribution in [2.75, 3.05) is 11.9 Å². The van der Waals surface area contributed by atoms with E-state index in [0.717, 1.165) is 12.1 Å². The summed E-state index contributed by atoms with van der Waals surface area (Å²) in [5.41, 5.74) is -0.984. The highest BCUT2D eigenvalue weighted by Gasteiger charge is 2.39. The zero-order valence-corrected chi connectivity index (χ0v) is 16.7. The summed E-state index contributed by atoms with van der Waals surface area (Å²) in [7, 11) is 0. The lowest BCUT2D eigenvalue weighted by Crippen LogP contribution is -2.30. The highest BCUT2D eigenvalue weighted by Crippen LogP contribution is 2.39. The highest BCUT2D eigenvalue weighted by atomic mass is 19.1. The van der Waals surface area contributed by atoms with Crippen molar-refractivity contribution in [3.63, 3.8) is 0 Å². The van der Waals surface area contributed by atoms with Crippen molar-refractivity contribution < 1.29 is 28.4 Å².